The molecule has 22 heavy (non-hydrogen) atoms. The van der Waals surface area contributed by atoms with Gasteiger partial charge in [0.05, 0.1) is 5.69 Å². The number of anilines is 2. The Bertz CT molecular complexity index is 640. The third kappa shape index (κ3) is 3.30. The van der Waals surface area contributed by atoms with E-state index in [1.54, 1.807) is 13.0 Å². The lowest BCUT2D eigenvalue weighted by Crippen LogP contribution is -2.32. The Morgan fingerprint density at radius 1 is 1.27 bits per heavy atom. The highest BCUT2D eigenvalue weighted by Gasteiger charge is 2.16. The molecular weight excluding hydrogens is 278 g/mol. The number of carbonyl (C=O) groups excluding carboxylic acids is 1. The van der Waals surface area contributed by atoms with Crippen molar-refractivity contribution in [2.45, 2.75) is 26.7 Å². The molecular formula is C17H21N3O2. The van der Waals surface area contributed by atoms with Gasteiger partial charge in [-0.3, -0.25) is 4.79 Å². The number of hydrogen-bond donors (Lipinski definition) is 1. The van der Waals surface area contributed by atoms with Crippen molar-refractivity contribution in [2.75, 3.05) is 23.3 Å². The highest BCUT2D eigenvalue weighted by Crippen LogP contribution is 2.24. The minimum absolute atomic E-state index is 0.228. The highest BCUT2D eigenvalue weighted by atomic mass is 16.5. The second-order valence-electron chi connectivity index (χ2n) is 6.00. The normalized spacial score (nSPS) is 15.8. The molecule has 0 bridgehead atoms. The molecule has 5 heteroatoms. The molecule has 1 N–H and O–H groups in total. The van der Waals surface area contributed by atoms with Gasteiger partial charge in [0, 0.05) is 30.5 Å². The molecule has 1 aliphatic heterocycles. The zero-order valence-corrected chi connectivity index (χ0v) is 13.0. The van der Waals surface area contributed by atoms with Crippen molar-refractivity contribution in [2.24, 2.45) is 5.92 Å². The van der Waals surface area contributed by atoms with Crippen LogP contribution in [0.4, 0.5) is 11.4 Å². The number of benzene rings is 1. The van der Waals surface area contributed by atoms with Gasteiger partial charge in [-0.25, -0.2) is 0 Å². The van der Waals surface area contributed by atoms with Crippen LogP contribution < -0.4 is 10.2 Å². The van der Waals surface area contributed by atoms with E-state index in [-0.39, 0.29) is 11.7 Å². The number of hydrogen-bond acceptors (Lipinski definition) is 4. The fraction of sp³-hybridized carbons (Fsp3) is 0.412. The van der Waals surface area contributed by atoms with E-state index < -0.39 is 0 Å². The summed E-state index contributed by atoms with van der Waals surface area (Å²) in [6, 6.07) is 9.58. The van der Waals surface area contributed by atoms with E-state index in [4.69, 9.17) is 4.52 Å². The van der Waals surface area contributed by atoms with Crippen LogP contribution in [0.25, 0.3) is 0 Å². The zero-order valence-electron chi connectivity index (χ0n) is 13.0. The van der Waals surface area contributed by atoms with Crippen LogP contribution in [-0.4, -0.2) is 24.2 Å². The Balaban J connectivity index is 1.63. The molecule has 2 heterocycles. The number of aromatic nitrogens is 1. The minimum Gasteiger partial charge on any atom is -0.372 e. The molecule has 1 aromatic heterocycles. The molecule has 0 atom stereocenters. The van der Waals surface area contributed by atoms with Gasteiger partial charge in [0.15, 0.2) is 0 Å². The molecule has 0 radical (unpaired) electrons. The van der Waals surface area contributed by atoms with E-state index in [0.29, 0.717) is 5.69 Å². The van der Waals surface area contributed by atoms with E-state index in [0.717, 1.165) is 24.7 Å². The Kier molecular flexibility index (Phi) is 4.13. The number of aryl methyl sites for hydroxylation is 1. The average molecular weight is 299 g/mol. The first-order chi connectivity index (χ1) is 10.6. The summed E-state index contributed by atoms with van der Waals surface area (Å²) in [5.74, 6) is 0.770. The fourth-order valence-electron chi connectivity index (χ4n) is 2.69. The van der Waals surface area contributed by atoms with Crippen molar-refractivity contribution in [3.05, 3.63) is 41.8 Å². The third-order valence-corrected chi connectivity index (χ3v) is 4.13. The Morgan fingerprint density at radius 2 is 1.95 bits per heavy atom. The van der Waals surface area contributed by atoms with Crippen LogP contribution in [0.15, 0.2) is 34.9 Å². The van der Waals surface area contributed by atoms with Crippen LogP contribution in [0.3, 0.4) is 0 Å². The zero-order chi connectivity index (χ0) is 15.5. The summed E-state index contributed by atoms with van der Waals surface area (Å²) in [5, 5.41) is 6.54. The number of nitrogens with zero attached hydrogens (tertiary/aromatic N) is 2. The third-order valence-electron chi connectivity index (χ3n) is 4.13. The summed E-state index contributed by atoms with van der Waals surface area (Å²) in [7, 11) is 0. The van der Waals surface area contributed by atoms with Crippen LogP contribution in [-0.2, 0) is 0 Å². The molecule has 5 nitrogen and oxygen atoms in total. The first kappa shape index (κ1) is 14.6. The molecule has 0 saturated carbocycles. The highest BCUT2D eigenvalue weighted by molar-refractivity contribution is 6.02. The van der Waals surface area contributed by atoms with E-state index in [1.165, 1.54) is 18.5 Å². The summed E-state index contributed by atoms with van der Waals surface area (Å²) in [6.45, 7) is 6.30. The SMILES string of the molecule is Cc1cc(C(=O)Nc2ccc(N3CCC(C)CC3)cc2)on1. The summed E-state index contributed by atoms with van der Waals surface area (Å²) >= 11 is 0. The van der Waals surface area contributed by atoms with Gasteiger partial charge < -0.3 is 14.7 Å². The van der Waals surface area contributed by atoms with Crippen molar-refractivity contribution in [3.63, 3.8) is 0 Å². The van der Waals surface area contributed by atoms with Crippen LogP contribution in [0.1, 0.15) is 36.0 Å². The minimum atomic E-state index is -0.278. The predicted molar refractivity (Wildman–Crippen MR) is 86.2 cm³/mol. The average Bonchev–Trinajstić information content (AvgIpc) is 2.96. The van der Waals surface area contributed by atoms with Gasteiger partial charge in [-0.05, 0) is 49.9 Å². The quantitative estimate of drug-likeness (QED) is 0.942. The summed E-state index contributed by atoms with van der Waals surface area (Å²) in [6.07, 6.45) is 2.48. The standard InChI is InChI=1S/C17H21N3O2/c1-12-7-9-20(10-8-12)15-5-3-14(4-6-15)18-17(21)16-11-13(2)19-22-16/h3-6,11-12H,7-10H2,1-2H3,(H,18,21). The fourth-order valence-corrected chi connectivity index (χ4v) is 2.69. The van der Waals surface area contributed by atoms with E-state index in [2.05, 4.69) is 34.4 Å². The number of rotatable bonds is 3. The van der Waals surface area contributed by atoms with Crippen molar-refractivity contribution in [1.29, 1.82) is 0 Å². The van der Waals surface area contributed by atoms with Gasteiger partial charge in [-0.2, -0.15) is 0 Å². The Hall–Kier alpha value is -2.30. The lowest BCUT2D eigenvalue weighted by Gasteiger charge is -2.32. The van der Waals surface area contributed by atoms with Crippen molar-refractivity contribution in [3.8, 4) is 0 Å². The predicted octanol–water partition coefficient (Wildman–Crippen LogP) is 3.47. The number of carbonyl (C=O) groups is 1. The molecule has 1 saturated heterocycles. The lowest BCUT2D eigenvalue weighted by atomic mass is 9.99. The topological polar surface area (TPSA) is 58.4 Å². The maximum Gasteiger partial charge on any atom is 0.294 e. The number of nitrogens with one attached hydrogen (secondary N) is 1. The van der Waals surface area contributed by atoms with Crippen molar-refractivity contribution >= 4 is 17.3 Å². The number of piperidine rings is 1. The largest absolute Gasteiger partial charge is 0.372 e. The first-order valence-corrected chi connectivity index (χ1v) is 7.71. The molecule has 2 aromatic rings. The van der Waals surface area contributed by atoms with E-state index in [1.807, 2.05) is 12.1 Å². The van der Waals surface area contributed by atoms with Gasteiger partial charge in [-0.1, -0.05) is 12.1 Å². The van der Waals surface area contributed by atoms with E-state index >= 15 is 0 Å². The second-order valence-corrected chi connectivity index (χ2v) is 6.00. The molecule has 0 unspecified atom stereocenters. The summed E-state index contributed by atoms with van der Waals surface area (Å²) in [4.78, 5) is 14.4. The van der Waals surface area contributed by atoms with Gasteiger partial charge >= 0.3 is 0 Å². The van der Waals surface area contributed by atoms with Gasteiger partial charge in [0.25, 0.3) is 5.91 Å². The van der Waals surface area contributed by atoms with Crippen LogP contribution >= 0.6 is 0 Å². The van der Waals surface area contributed by atoms with Gasteiger partial charge in [0.1, 0.15) is 0 Å². The van der Waals surface area contributed by atoms with Crippen molar-refractivity contribution < 1.29 is 9.32 Å². The Morgan fingerprint density at radius 3 is 2.55 bits per heavy atom. The van der Waals surface area contributed by atoms with Crippen LogP contribution in [0.2, 0.25) is 0 Å². The number of amides is 1. The molecule has 1 amide bonds. The molecule has 116 valence electrons. The molecule has 3 rings (SSSR count). The summed E-state index contributed by atoms with van der Waals surface area (Å²) < 4.78 is 4.96. The maximum absolute atomic E-state index is 12.0. The molecule has 0 spiro atoms. The first-order valence-electron chi connectivity index (χ1n) is 7.71. The van der Waals surface area contributed by atoms with Crippen molar-refractivity contribution in [1.82, 2.24) is 5.16 Å². The van der Waals surface area contributed by atoms with Gasteiger partial charge in [-0.15, -0.1) is 0 Å². The van der Waals surface area contributed by atoms with Crippen LogP contribution in [0, 0.1) is 12.8 Å². The molecule has 0 aliphatic carbocycles. The van der Waals surface area contributed by atoms with Gasteiger partial charge in [0.2, 0.25) is 5.76 Å². The van der Waals surface area contributed by atoms with E-state index in [9.17, 15) is 4.79 Å². The molecule has 1 fully saturated rings. The van der Waals surface area contributed by atoms with Crippen LogP contribution in [0.5, 0.6) is 0 Å². The maximum atomic E-state index is 12.0. The Labute approximate surface area is 130 Å². The lowest BCUT2D eigenvalue weighted by molar-refractivity contribution is 0.0988. The smallest absolute Gasteiger partial charge is 0.294 e. The second kappa shape index (κ2) is 6.22. The molecule has 1 aliphatic rings. The summed E-state index contributed by atoms with van der Waals surface area (Å²) in [5.41, 5.74) is 2.66. The molecule has 1 aromatic carbocycles. The monoisotopic (exact) mass is 299 g/mol.